The fourth-order valence-electron chi connectivity index (χ4n) is 1.30. The van der Waals surface area contributed by atoms with E-state index in [2.05, 4.69) is 9.72 Å². The fraction of sp³-hybridized carbons (Fsp3) is 0.333. The number of esters is 1. The molecule has 4 N–H and O–H groups in total. The molecular formula is C9H11F2N3O2. The summed E-state index contributed by atoms with van der Waals surface area (Å²) in [5.41, 5.74) is 9.88. The van der Waals surface area contributed by atoms with Crippen molar-refractivity contribution < 1.29 is 18.3 Å². The fourth-order valence-corrected chi connectivity index (χ4v) is 1.30. The van der Waals surface area contributed by atoms with E-state index in [-0.39, 0.29) is 17.7 Å². The standard InChI is InChI=1S/C9H11F2N3O2/c1-16-9(15)5-4(2-12)3-14-8(13)6(5)7(10)11/h3,7H,2,12H2,1H3,(H2,13,14). The van der Waals surface area contributed by atoms with E-state index in [4.69, 9.17) is 11.5 Å². The average molecular weight is 231 g/mol. The number of nitrogens with two attached hydrogens (primary N) is 2. The molecule has 1 heterocycles. The molecule has 0 aliphatic carbocycles. The van der Waals surface area contributed by atoms with Crippen molar-refractivity contribution >= 4 is 11.8 Å². The van der Waals surface area contributed by atoms with Gasteiger partial charge in [0.15, 0.2) is 0 Å². The summed E-state index contributed by atoms with van der Waals surface area (Å²) < 4.78 is 29.9. The summed E-state index contributed by atoms with van der Waals surface area (Å²) in [4.78, 5) is 14.9. The second kappa shape index (κ2) is 4.84. The number of anilines is 1. The second-order valence-corrected chi connectivity index (χ2v) is 2.95. The molecule has 0 spiro atoms. The smallest absolute Gasteiger partial charge is 0.338 e. The molecule has 5 nitrogen and oxygen atoms in total. The van der Waals surface area contributed by atoms with Crippen LogP contribution in [0.1, 0.15) is 27.9 Å². The van der Waals surface area contributed by atoms with Crippen molar-refractivity contribution in [3.8, 4) is 0 Å². The molecule has 16 heavy (non-hydrogen) atoms. The predicted octanol–water partition coefficient (Wildman–Crippen LogP) is 0.847. The quantitative estimate of drug-likeness (QED) is 0.752. The van der Waals surface area contributed by atoms with Gasteiger partial charge in [0.2, 0.25) is 0 Å². The number of pyridine rings is 1. The van der Waals surface area contributed by atoms with Gasteiger partial charge in [0.05, 0.1) is 18.2 Å². The maximum absolute atomic E-state index is 12.7. The van der Waals surface area contributed by atoms with E-state index in [1.807, 2.05) is 0 Å². The number of rotatable bonds is 3. The summed E-state index contributed by atoms with van der Waals surface area (Å²) in [6, 6.07) is 0. The van der Waals surface area contributed by atoms with Crippen LogP contribution in [0.15, 0.2) is 6.20 Å². The molecule has 0 saturated heterocycles. The third-order valence-electron chi connectivity index (χ3n) is 2.05. The van der Waals surface area contributed by atoms with Crippen molar-refractivity contribution in [3.05, 3.63) is 22.9 Å². The number of nitrogens with zero attached hydrogens (tertiary/aromatic N) is 1. The van der Waals surface area contributed by atoms with Gasteiger partial charge in [0.25, 0.3) is 6.43 Å². The maximum Gasteiger partial charge on any atom is 0.338 e. The number of alkyl halides is 2. The lowest BCUT2D eigenvalue weighted by molar-refractivity contribution is 0.0588. The molecule has 88 valence electrons. The third kappa shape index (κ3) is 2.08. The van der Waals surface area contributed by atoms with Gasteiger partial charge in [0, 0.05) is 12.7 Å². The molecule has 0 fully saturated rings. The van der Waals surface area contributed by atoms with Gasteiger partial charge >= 0.3 is 5.97 Å². The minimum absolute atomic E-state index is 0.0998. The zero-order valence-corrected chi connectivity index (χ0v) is 8.54. The first-order valence-electron chi connectivity index (χ1n) is 4.36. The molecule has 1 rings (SSSR count). The lowest BCUT2D eigenvalue weighted by atomic mass is 10.0. The number of carbonyl (C=O) groups is 1. The molecule has 1 aromatic rings. The molecule has 0 saturated carbocycles. The van der Waals surface area contributed by atoms with Crippen LogP contribution in [0.4, 0.5) is 14.6 Å². The van der Waals surface area contributed by atoms with Gasteiger partial charge in [-0.1, -0.05) is 0 Å². The van der Waals surface area contributed by atoms with E-state index in [0.717, 1.165) is 7.11 Å². The zero-order valence-electron chi connectivity index (χ0n) is 8.54. The molecule has 7 heteroatoms. The average Bonchev–Trinajstić information content (AvgIpc) is 2.27. The van der Waals surface area contributed by atoms with Crippen LogP contribution in [0.2, 0.25) is 0 Å². The van der Waals surface area contributed by atoms with Crippen LogP contribution in [-0.2, 0) is 11.3 Å². The van der Waals surface area contributed by atoms with Gasteiger partial charge in [0.1, 0.15) is 5.82 Å². The number of hydrogen-bond donors (Lipinski definition) is 2. The highest BCUT2D eigenvalue weighted by Crippen LogP contribution is 2.29. The Balaban J connectivity index is 3.48. The summed E-state index contributed by atoms with van der Waals surface area (Å²) in [5, 5.41) is 0. The summed E-state index contributed by atoms with van der Waals surface area (Å²) >= 11 is 0. The second-order valence-electron chi connectivity index (χ2n) is 2.95. The molecular weight excluding hydrogens is 220 g/mol. The van der Waals surface area contributed by atoms with Crippen molar-refractivity contribution in [2.45, 2.75) is 13.0 Å². The highest BCUT2D eigenvalue weighted by Gasteiger charge is 2.25. The lowest BCUT2D eigenvalue weighted by Crippen LogP contribution is -2.15. The first kappa shape index (κ1) is 12.3. The Kier molecular flexibility index (Phi) is 3.73. The molecule has 0 radical (unpaired) electrons. The molecule has 0 unspecified atom stereocenters. The van der Waals surface area contributed by atoms with Crippen molar-refractivity contribution in [1.82, 2.24) is 4.98 Å². The Morgan fingerprint density at radius 2 is 2.25 bits per heavy atom. The minimum Gasteiger partial charge on any atom is -0.465 e. The molecule has 0 aromatic carbocycles. The minimum atomic E-state index is -2.91. The first-order valence-corrected chi connectivity index (χ1v) is 4.36. The van der Waals surface area contributed by atoms with E-state index >= 15 is 0 Å². The normalized spacial score (nSPS) is 10.6. The molecule has 0 aliphatic heterocycles. The molecule has 0 bridgehead atoms. The summed E-state index contributed by atoms with van der Waals surface area (Å²) in [5.74, 6) is -1.29. The summed E-state index contributed by atoms with van der Waals surface area (Å²) in [6.07, 6.45) is -1.72. The largest absolute Gasteiger partial charge is 0.465 e. The summed E-state index contributed by atoms with van der Waals surface area (Å²) in [7, 11) is 1.09. The molecule has 0 amide bonds. The van der Waals surface area contributed by atoms with Gasteiger partial charge in [-0.3, -0.25) is 0 Å². The van der Waals surface area contributed by atoms with Crippen molar-refractivity contribution in [1.29, 1.82) is 0 Å². The van der Waals surface area contributed by atoms with Crippen LogP contribution < -0.4 is 11.5 Å². The number of halogens is 2. The topological polar surface area (TPSA) is 91.2 Å². The Morgan fingerprint density at radius 1 is 1.62 bits per heavy atom. The van der Waals surface area contributed by atoms with Gasteiger partial charge < -0.3 is 16.2 Å². The van der Waals surface area contributed by atoms with E-state index in [1.54, 1.807) is 0 Å². The molecule has 0 atom stereocenters. The van der Waals surface area contributed by atoms with Crippen LogP contribution in [0.25, 0.3) is 0 Å². The van der Waals surface area contributed by atoms with Crippen LogP contribution >= 0.6 is 0 Å². The van der Waals surface area contributed by atoms with Gasteiger partial charge in [-0.05, 0) is 5.56 Å². The Morgan fingerprint density at radius 3 is 2.69 bits per heavy atom. The van der Waals surface area contributed by atoms with E-state index in [9.17, 15) is 13.6 Å². The number of aromatic nitrogens is 1. The Bertz CT molecular complexity index is 410. The Labute approximate surface area is 90.4 Å². The highest BCUT2D eigenvalue weighted by molar-refractivity contribution is 5.94. The van der Waals surface area contributed by atoms with Crippen molar-refractivity contribution in [3.63, 3.8) is 0 Å². The number of hydrogen-bond acceptors (Lipinski definition) is 5. The predicted molar refractivity (Wildman–Crippen MR) is 52.8 cm³/mol. The third-order valence-corrected chi connectivity index (χ3v) is 2.05. The van der Waals surface area contributed by atoms with Crippen molar-refractivity contribution in [2.75, 3.05) is 12.8 Å². The van der Waals surface area contributed by atoms with E-state index < -0.39 is 23.8 Å². The maximum atomic E-state index is 12.7. The van der Waals surface area contributed by atoms with Crippen LogP contribution in [0.5, 0.6) is 0 Å². The number of carbonyl (C=O) groups excluding carboxylic acids is 1. The number of nitrogen functional groups attached to an aromatic ring is 1. The van der Waals surface area contributed by atoms with E-state index in [1.165, 1.54) is 6.20 Å². The molecule has 1 aromatic heterocycles. The monoisotopic (exact) mass is 231 g/mol. The van der Waals surface area contributed by atoms with Gasteiger partial charge in [-0.15, -0.1) is 0 Å². The van der Waals surface area contributed by atoms with Crippen LogP contribution in [0, 0.1) is 0 Å². The molecule has 0 aliphatic rings. The first-order chi connectivity index (χ1) is 7.52. The highest BCUT2D eigenvalue weighted by atomic mass is 19.3. The van der Waals surface area contributed by atoms with Crippen LogP contribution in [-0.4, -0.2) is 18.1 Å². The summed E-state index contributed by atoms with van der Waals surface area (Å²) in [6.45, 7) is -0.0998. The lowest BCUT2D eigenvalue weighted by Gasteiger charge is -2.12. The number of methoxy groups -OCH3 is 1. The van der Waals surface area contributed by atoms with Crippen LogP contribution in [0.3, 0.4) is 0 Å². The zero-order chi connectivity index (χ0) is 12.3. The van der Waals surface area contributed by atoms with Crippen molar-refractivity contribution in [2.24, 2.45) is 5.73 Å². The van der Waals surface area contributed by atoms with Gasteiger partial charge in [-0.25, -0.2) is 18.6 Å². The SMILES string of the molecule is COC(=O)c1c(CN)cnc(N)c1C(F)F. The van der Waals surface area contributed by atoms with Gasteiger partial charge in [-0.2, -0.15) is 0 Å². The van der Waals surface area contributed by atoms with E-state index in [0.29, 0.717) is 0 Å². The Hall–Kier alpha value is -1.76. The number of ether oxygens (including phenoxy) is 1.